The molecule has 0 aliphatic rings. The van der Waals surface area contributed by atoms with Gasteiger partial charge in [0.15, 0.2) is 0 Å². The molecule has 18 heavy (non-hydrogen) atoms. The molecule has 0 fully saturated rings. The average Bonchev–Trinajstić information content (AvgIpc) is 2.97. The summed E-state index contributed by atoms with van der Waals surface area (Å²) in [4.78, 5) is 3.84. The van der Waals surface area contributed by atoms with Crippen molar-refractivity contribution in [1.29, 1.82) is 0 Å². The molecule has 0 saturated carbocycles. The third kappa shape index (κ3) is 2.53. The highest BCUT2D eigenvalue weighted by molar-refractivity contribution is 4.99. The Labute approximate surface area is 102 Å². The van der Waals surface area contributed by atoms with Crippen LogP contribution in [0.2, 0.25) is 0 Å². The first-order valence-electron chi connectivity index (χ1n) is 5.49. The maximum absolute atomic E-state index is 12.6. The van der Waals surface area contributed by atoms with Gasteiger partial charge in [0, 0.05) is 12.4 Å². The van der Waals surface area contributed by atoms with Crippen LogP contribution < -0.4 is 0 Å². The molecule has 2 aromatic heterocycles. The highest BCUT2D eigenvalue weighted by atomic mass is 19.3. The van der Waals surface area contributed by atoms with Crippen LogP contribution in [-0.4, -0.2) is 29.7 Å². The Bertz CT molecular complexity index is 510. The zero-order chi connectivity index (χ0) is 13.1. The van der Waals surface area contributed by atoms with Crippen LogP contribution in [0, 0.1) is 0 Å². The largest absolute Gasteiger partial charge is 0.387 e. The van der Waals surface area contributed by atoms with Crippen molar-refractivity contribution in [1.82, 2.24) is 24.5 Å². The summed E-state index contributed by atoms with van der Waals surface area (Å²) >= 11 is 0. The van der Waals surface area contributed by atoms with Gasteiger partial charge in [0.1, 0.15) is 18.1 Å². The molecular weight excluding hydrogens is 244 g/mol. The van der Waals surface area contributed by atoms with E-state index >= 15 is 0 Å². The summed E-state index contributed by atoms with van der Waals surface area (Å²) in [6.45, 7) is -0.736. The van der Waals surface area contributed by atoms with E-state index in [2.05, 4.69) is 15.3 Å². The van der Waals surface area contributed by atoms with Crippen LogP contribution in [0.3, 0.4) is 0 Å². The smallest absolute Gasteiger partial charge is 0.319 e. The predicted octanol–water partition coefficient (Wildman–Crippen LogP) is 1.36. The molecule has 6 nitrogen and oxygen atoms in total. The molecule has 2 aromatic rings. The number of hydrogen-bond acceptors (Lipinski definition) is 4. The fourth-order valence-electron chi connectivity index (χ4n) is 1.54. The van der Waals surface area contributed by atoms with E-state index in [0.717, 1.165) is 4.57 Å². The highest BCUT2D eigenvalue weighted by Crippen LogP contribution is 2.15. The summed E-state index contributed by atoms with van der Waals surface area (Å²) < 4.78 is 27.3. The second-order valence-corrected chi connectivity index (χ2v) is 3.79. The van der Waals surface area contributed by atoms with E-state index in [1.807, 2.05) is 6.92 Å². The van der Waals surface area contributed by atoms with Crippen molar-refractivity contribution in [3.05, 3.63) is 30.1 Å². The number of aliphatic hydroxyl groups excluding tert-OH is 1. The van der Waals surface area contributed by atoms with Crippen molar-refractivity contribution >= 4 is 0 Å². The molecule has 0 aromatic carbocycles. The van der Waals surface area contributed by atoms with E-state index in [-0.39, 0.29) is 12.4 Å². The third-order valence-electron chi connectivity index (χ3n) is 2.55. The molecule has 0 aliphatic carbocycles. The average molecular weight is 257 g/mol. The normalized spacial score (nSPS) is 13.2. The third-order valence-corrected chi connectivity index (χ3v) is 2.55. The molecule has 0 saturated heterocycles. The van der Waals surface area contributed by atoms with Gasteiger partial charge in [-0.25, -0.2) is 9.67 Å². The second-order valence-electron chi connectivity index (χ2n) is 3.79. The fourth-order valence-corrected chi connectivity index (χ4v) is 1.54. The number of imidazole rings is 1. The number of rotatable bonds is 5. The maximum atomic E-state index is 12.6. The van der Waals surface area contributed by atoms with Gasteiger partial charge in [0.2, 0.25) is 0 Å². The second kappa shape index (κ2) is 5.21. The Morgan fingerprint density at radius 3 is 2.89 bits per heavy atom. The zero-order valence-electron chi connectivity index (χ0n) is 9.74. The Morgan fingerprint density at radius 1 is 1.44 bits per heavy atom. The van der Waals surface area contributed by atoms with Crippen molar-refractivity contribution in [2.24, 2.45) is 0 Å². The maximum Gasteiger partial charge on any atom is 0.319 e. The van der Waals surface area contributed by atoms with Gasteiger partial charge in [-0.05, 0) is 6.42 Å². The molecule has 2 rings (SSSR count). The van der Waals surface area contributed by atoms with Gasteiger partial charge in [-0.1, -0.05) is 12.1 Å². The van der Waals surface area contributed by atoms with Gasteiger partial charge in [-0.2, -0.15) is 8.78 Å². The van der Waals surface area contributed by atoms with E-state index < -0.39 is 12.7 Å². The van der Waals surface area contributed by atoms with Crippen LogP contribution in [0.15, 0.2) is 18.6 Å². The number of hydrogen-bond donors (Lipinski definition) is 1. The van der Waals surface area contributed by atoms with Crippen LogP contribution >= 0.6 is 0 Å². The molecule has 0 aliphatic heterocycles. The molecule has 0 bridgehead atoms. The number of alkyl halides is 2. The van der Waals surface area contributed by atoms with Crippen molar-refractivity contribution < 1.29 is 13.9 Å². The minimum atomic E-state index is -2.63. The van der Waals surface area contributed by atoms with E-state index in [0.29, 0.717) is 12.1 Å². The van der Waals surface area contributed by atoms with E-state index in [9.17, 15) is 13.9 Å². The monoisotopic (exact) mass is 257 g/mol. The van der Waals surface area contributed by atoms with Gasteiger partial charge >= 0.3 is 6.55 Å². The Morgan fingerprint density at radius 2 is 2.22 bits per heavy atom. The van der Waals surface area contributed by atoms with Crippen LogP contribution in [0.4, 0.5) is 8.78 Å². The zero-order valence-corrected chi connectivity index (χ0v) is 9.74. The van der Waals surface area contributed by atoms with Gasteiger partial charge in [0.25, 0.3) is 0 Å². The Balaban J connectivity index is 2.14. The lowest BCUT2D eigenvalue weighted by Gasteiger charge is -2.05. The summed E-state index contributed by atoms with van der Waals surface area (Å²) in [6, 6.07) is 0. The van der Waals surface area contributed by atoms with Crippen LogP contribution in [-0.2, 0) is 6.54 Å². The van der Waals surface area contributed by atoms with Crippen molar-refractivity contribution in [2.45, 2.75) is 32.5 Å². The molecule has 1 atom stereocenters. The first kappa shape index (κ1) is 12.6. The lowest BCUT2D eigenvalue weighted by molar-refractivity contribution is 0.0665. The summed E-state index contributed by atoms with van der Waals surface area (Å²) in [5.74, 6) is 0.187. The van der Waals surface area contributed by atoms with E-state index in [1.54, 1.807) is 0 Å². The Hall–Kier alpha value is -1.83. The molecule has 2 heterocycles. The highest BCUT2D eigenvalue weighted by Gasteiger charge is 2.14. The molecule has 0 amide bonds. The van der Waals surface area contributed by atoms with Crippen LogP contribution in [0.5, 0.6) is 0 Å². The molecule has 1 N–H and O–H groups in total. The first-order chi connectivity index (χ1) is 8.61. The minimum absolute atomic E-state index is 0.0841. The topological polar surface area (TPSA) is 68.8 Å². The SMILES string of the molecule is CCC(O)c1cn(Cc2nccn2C(F)F)nn1. The fraction of sp³-hybridized carbons (Fsp3) is 0.500. The van der Waals surface area contributed by atoms with Crippen molar-refractivity contribution in [2.75, 3.05) is 0 Å². The Kier molecular flexibility index (Phi) is 3.66. The summed E-state index contributed by atoms with van der Waals surface area (Å²) in [5, 5.41) is 17.1. The summed E-state index contributed by atoms with van der Waals surface area (Å²) in [6.07, 6.45) is 3.87. The molecule has 1 unspecified atom stereocenters. The van der Waals surface area contributed by atoms with E-state index in [4.69, 9.17) is 0 Å². The van der Waals surface area contributed by atoms with Gasteiger partial charge in [0.05, 0.1) is 12.3 Å². The van der Waals surface area contributed by atoms with Gasteiger partial charge in [-0.3, -0.25) is 4.57 Å². The predicted molar refractivity (Wildman–Crippen MR) is 57.9 cm³/mol. The lowest BCUT2D eigenvalue weighted by atomic mass is 10.2. The van der Waals surface area contributed by atoms with Crippen molar-refractivity contribution in [3.63, 3.8) is 0 Å². The number of aliphatic hydroxyl groups is 1. The lowest BCUT2D eigenvalue weighted by Crippen LogP contribution is -2.09. The molecular formula is C10H13F2N5O. The first-order valence-corrected chi connectivity index (χ1v) is 5.49. The number of halogens is 2. The summed E-state index contributed by atoms with van der Waals surface area (Å²) in [5.41, 5.74) is 0.424. The number of nitrogens with zero attached hydrogens (tertiary/aromatic N) is 5. The van der Waals surface area contributed by atoms with Crippen molar-refractivity contribution in [3.8, 4) is 0 Å². The standard InChI is InChI=1S/C10H13F2N5O/c1-2-8(18)7-5-16(15-14-7)6-9-13-3-4-17(9)10(11)12/h3-5,8,10,18H,2,6H2,1H3. The van der Waals surface area contributed by atoms with Gasteiger partial charge in [-0.15, -0.1) is 5.10 Å². The van der Waals surface area contributed by atoms with E-state index in [1.165, 1.54) is 23.3 Å². The molecule has 8 heteroatoms. The number of aromatic nitrogens is 5. The van der Waals surface area contributed by atoms with Gasteiger partial charge < -0.3 is 5.11 Å². The quantitative estimate of drug-likeness (QED) is 0.878. The van der Waals surface area contributed by atoms with Crippen LogP contribution in [0.25, 0.3) is 0 Å². The molecule has 98 valence electrons. The molecule has 0 radical (unpaired) electrons. The summed E-state index contributed by atoms with van der Waals surface area (Å²) in [7, 11) is 0. The van der Waals surface area contributed by atoms with Crippen LogP contribution in [0.1, 0.15) is 37.5 Å². The molecule has 0 spiro atoms. The minimum Gasteiger partial charge on any atom is -0.387 e.